The number of anilines is 2. The summed E-state index contributed by atoms with van der Waals surface area (Å²) in [6, 6.07) is 10.2. The molecule has 9 heteroatoms. The zero-order valence-electron chi connectivity index (χ0n) is 17.2. The SMILES string of the molecule is CN=C(NCCC(=O)N1CCN(c2ncccn2)CC1)N1CCc2ccccc21.I. The highest BCUT2D eigenvalue weighted by Gasteiger charge is 2.24. The van der Waals surface area contributed by atoms with Gasteiger partial charge in [-0.2, -0.15) is 0 Å². The Labute approximate surface area is 194 Å². The second kappa shape index (κ2) is 10.6. The van der Waals surface area contributed by atoms with Crippen molar-refractivity contribution < 1.29 is 4.79 Å². The summed E-state index contributed by atoms with van der Waals surface area (Å²) in [7, 11) is 1.79. The first kappa shape index (κ1) is 22.3. The molecule has 2 aliphatic rings. The summed E-state index contributed by atoms with van der Waals surface area (Å²) in [4.78, 5) is 31.8. The maximum Gasteiger partial charge on any atom is 0.225 e. The highest BCUT2D eigenvalue weighted by Crippen LogP contribution is 2.27. The lowest BCUT2D eigenvalue weighted by Crippen LogP contribution is -2.50. The summed E-state index contributed by atoms with van der Waals surface area (Å²) in [6.45, 7) is 4.41. The number of benzene rings is 1. The normalized spacial score (nSPS) is 16.2. The molecule has 1 fully saturated rings. The number of nitrogens with one attached hydrogen (secondary N) is 1. The van der Waals surface area contributed by atoms with Gasteiger partial charge in [-0.25, -0.2) is 9.97 Å². The number of hydrogen-bond acceptors (Lipinski definition) is 5. The Morgan fingerprint density at radius 3 is 2.53 bits per heavy atom. The molecule has 0 unspecified atom stereocenters. The smallest absolute Gasteiger partial charge is 0.225 e. The van der Waals surface area contributed by atoms with Crippen molar-refractivity contribution in [2.24, 2.45) is 4.99 Å². The number of para-hydroxylation sites is 1. The molecule has 1 aromatic carbocycles. The number of halogens is 1. The van der Waals surface area contributed by atoms with Crippen molar-refractivity contribution >= 4 is 47.5 Å². The number of aromatic nitrogens is 2. The van der Waals surface area contributed by atoms with Crippen LogP contribution in [0.1, 0.15) is 12.0 Å². The zero-order chi connectivity index (χ0) is 20.1. The number of rotatable bonds is 4. The van der Waals surface area contributed by atoms with Crippen molar-refractivity contribution in [3.05, 3.63) is 48.3 Å². The summed E-state index contributed by atoms with van der Waals surface area (Å²) in [5, 5.41) is 3.35. The lowest BCUT2D eigenvalue weighted by Gasteiger charge is -2.34. The average molecular weight is 521 g/mol. The van der Waals surface area contributed by atoms with Gasteiger partial charge in [0.1, 0.15) is 0 Å². The van der Waals surface area contributed by atoms with Crippen molar-refractivity contribution in [2.45, 2.75) is 12.8 Å². The predicted octanol–water partition coefficient (Wildman–Crippen LogP) is 1.77. The van der Waals surface area contributed by atoms with E-state index in [0.717, 1.165) is 38.0 Å². The minimum Gasteiger partial charge on any atom is -0.355 e. The van der Waals surface area contributed by atoms with E-state index in [1.165, 1.54) is 11.3 Å². The molecule has 0 bridgehead atoms. The van der Waals surface area contributed by atoms with Gasteiger partial charge in [0.2, 0.25) is 11.9 Å². The van der Waals surface area contributed by atoms with E-state index < -0.39 is 0 Å². The van der Waals surface area contributed by atoms with Crippen LogP contribution >= 0.6 is 24.0 Å². The first-order chi connectivity index (χ1) is 14.3. The van der Waals surface area contributed by atoms with E-state index in [9.17, 15) is 4.79 Å². The molecular formula is C21H28IN7O. The fourth-order valence-corrected chi connectivity index (χ4v) is 3.90. The van der Waals surface area contributed by atoms with E-state index in [2.05, 4.69) is 48.3 Å². The van der Waals surface area contributed by atoms with Crippen LogP contribution in [0.3, 0.4) is 0 Å². The second-order valence-corrected chi connectivity index (χ2v) is 7.17. The molecule has 1 amide bonds. The van der Waals surface area contributed by atoms with Crippen molar-refractivity contribution in [3.63, 3.8) is 0 Å². The highest BCUT2D eigenvalue weighted by atomic mass is 127. The van der Waals surface area contributed by atoms with Gasteiger partial charge in [0.05, 0.1) is 0 Å². The van der Waals surface area contributed by atoms with Crippen molar-refractivity contribution in [1.82, 2.24) is 20.2 Å². The molecule has 1 N–H and O–H groups in total. The lowest BCUT2D eigenvalue weighted by atomic mass is 10.2. The Kier molecular flexibility index (Phi) is 7.83. The van der Waals surface area contributed by atoms with E-state index in [-0.39, 0.29) is 29.9 Å². The number of piperazine rings is 1. The average Bonchev–Trinajstić information content (AvgIpc) is 3.21. The quantitative estimate of drug-likeness (QED) is 0.376. The number of fused-ring (bicyclic) bond motifs is 1. The van der Waals surface area contributed by atoms with Crippen LogP contribution in [0.5, 0.6) is 0 Å². The van der Waals surface area contributed by atoms with Gasteiger partial charge in [-0.05, 0) is 24.1 Å². The molecule has 0 saturated carbocycles. The van der Waals surface area contributed by atoms with Crippen molar-refractivity contribution in [2.75, 3.05) is 56.1 Å². The Morgan fingerprint density at radius 2 is 1.80 bits per heavy atom. The number of guanidine groups is 1. The first-order valence-electron chi connectivity index (χ1n) is 10.1. The van der Waals surface area contributed by atoms with E-state index in [4.69, 9.17) is 0 Å². The Bertz CT molecular complexity index is 869. The molecule has 0 spiro atoms. The second-order valence-electron chi connectivity index (χ2n) is 7.17. The summed E-state index contributed by atoms with van der Waals surface area (Å²) in [5.41, 5.74) is 2.54. The molecule has 2 aromatic rings. The van der Waals surface area contributed by atoms with Gasteiger partial charge >= 0.3 is 0 Å². The largest absolute Gasteiger partial charge is 0.355 e. The van der Waals surface area contributed by atoms with Gasteiger partial charge in [-0.3, -0.25) is 9.79 Å². The highest BCUT2D eigenvalue weighted by molar-refractivity contribution is 14.0. The number of hydrogen-bond donors (Lipinski definition) is 1. The van der Waals surface area contributed by atoms with Crippen LogP contribution in [0.15, 0.2) is 47.7 Å². The minimum absolute atomic E-state index is 0. The predicted molar refractivity (Wildman–Crippen MR) is 130 cm³/mol. The van der Waals surface area contributed by atoms with Crippen LogP contribution in [-0.4, -0.2) is 73.1 Å². The van der Waals surface area contributed by atoms with Gasteiger partial charge in [0.15, 0.2) is 5.96 Å². The standard InChI is InChI=1S/C21H27N7O.HI/c1-22-20(28-12-8-17-5-2-3-6-18(17)28)25-11-7-19(29)26-13-15-27(16-14-26)21-23-9-4-10-24-21;/h2-6,9-10H,7-8,11-16H2,1H3,(H,22,25);1H. The maximum absolute atomic E-state index is 12.6. The molecule has 30 heavy (non-hydrogen) atoms. The van der Waals surface area contributed by atoms with Crippen molar-refractivity contribution in [1.29, 1.82) is 0 Å². The van der Waals surface area contributed by atoms with E-state index in [1.54, 1.807) is 19.4 Å². The Morgan fingerprint density at radius 1 is 1.07 bits per heavy atom. The van der Waals surface area contributed by atoms with Gasteiger partial charge in [-0.1, -0.05) is 18.2 Å². The third-order valence-corrected chi connectivity index (χ3v) is 5.44. The van der Waals surface area contributed by atoms with Crippen molar-refractivity contribution in [3.8, 4) is 0 Å². The van der Waals surface area contributed by atoms with E-state index >= 15 is 0 Å². The van der Waals surface area contributed by atoms with Crippen LogP contribution in [0.4, 0.5) is 11.6 Å². The van der Waals surface area contributed by atoms with Gasteiger partial charge in [0, 0.05) is 70.8 Å². The number of aliphatic imine (C=N–C) groups is 1. The fourth-order valence-electron chi connectivity index (χ4n) is 3.90. The molecule has 8 nitrogen and oxygen atoms in total. The lowest BCUT2D eigenvalue weighted by molar-refractivity contribution is -0.131. The number of carbonyl (C=O) groups excluding carboxylic acids is 1. The molecule has 0 aliphatic carbocycles. The zero-order valence-corrected chi connectivity index (χ0v) is 19.5. The maximum atomic E-state index is 12.6. The minimum atomic E-state index is 0. The van der Waals surface area contributed by atoms with Crippen LogP contribution in [0.25, 0.3) is 0 Å². The molecule has 0 atom stereocenters. The molecule has 160 valence electrons. The third-order valence-electron chi connectivity index (χ3n) is 5.44. The monoisotopic (exact) mass is 521 g/mol. The summed E-state index contributed by atoms with van der Waals surface area (Å²) in [5.74, 6) is 1.73. The number of carbonyl (C=O) groups is 1. The Hall–Kier alpha value is -2.43. The van der Waals surface area contributed by atoms with Crippen LogP contribution in [-0.2, 0) is 11.2 Å². The topological polar surface area (TPSA) is 77.0 Å². The summed E-state index contributed by atoms with van der Waals surface area (Å²) < 4.78 is 0. The van der Waals surface area contributed by atoms with Crippen LogP contribution < -0.4 is 15.1 Å². The van der Waals surface area contributed by atoms with Crippen LogP contribution in [0.2, 0.25) is 0 Å². The third kappa shape index (κ3) is 5.00. The molecule has 1 saturated heterocycles. The van der Waals surface area contributed by atoms with Crippen LogP contribution in [0, 0.1) is 0 Å². The summed E-state index contributed by atoms with van der Waals surface area (Å²) in [6.07, 6.45) is 4.97. The Balaban J connectivity index is 0.00000256. The van der Waals surface area contributed by atoms with Gasteiger partial charge in [-0.15, -0.1) is 24.0 Å². The number of amides is 1. The molecular weight excluding hydrogens is 493 g/mol. The van der Waals surface area contributed by atoms with E-state index in [0.29, 0.717) is 26.1 Å². The van der Waals surface area contributed by atoms with Gasteiger partial charge in [0.25, 0.3) is 0 Å². The van der Waals surface area contributed by atoms with E-state index in [1.807, 2.05) is 17.0 Å². The summed E-state index contributed by atoms with van der Waals surface area (Å²) >= 11 is 0. The molecule has 3 heterocycles. The molecule has 2 aliphatic heterocycles. The first-order valence-corrected chi connectivity index (χ1v) is 10.1. The number of nitrogens with zero attached hydrogens (tertiary/aromatic N) is 6. The molecule has 4 rings (SSSR count). The fraction of sp³-hybridized carbons (Fsp3) is 0.429. The molecule has 1 aromatic heterocycles. The molecule has 0 radical (unpaired) electrons. The van der Waals surface area contributed by atoms with Gasteiger partial charge < -0.3 is 20.0 Å².